The van der Waals surface area contributed by atoms with E-state index in [9.17, 15) is 18.0 Å². The van der Waals surface area contributed by atoms with Crippen LogP contribution in [0.5, 0.6) is 0 Å². The predicted molar refractivity (Wildman–Crippen MR) is 113 cm³/mol. The number of piperazine rings is 1. The fraction of sp³-hybridized carbons (Fsp3) is 0.619. The Morgan fingerprint density at radius 3 is 2.48 bits per heavy atom. The molecule has 0 radical (unpaired) electrons. The number of carbonyl (C=O) groups is 2. The normalized spacial score (nSPS) is 24.1. The lowest BCUT2D eigenvalue weighted by molar-refractivity contribution is -0.133. The van der Waals surface area contributed by atoms with E-state index in [0.29, 0.717) is 5.69 Å². The first-order valence-corrected chi connectivity index (χ1v) is 11.9. The van der Waals surface area contributed by atoms with Crippen LogP contribution in [0.15, 0.2) is 18.2 Å². The van der Waals surface area contributed by atoms with Crippen molar-refractivity contribution in [2.45, 2.75) is 65.0 Å². The Morgan fingerprint density at radius 2 is 1.90 bits per heavy atom. The van der Waals surface area contributed by atoms with Crippen molar-refractivity contribution in [2.24, 2.45) is 0 Å². The third kappa shape index (κ3) is 4.19. The maximum absolute atomic E-state index is 13.4. The number of carbonyl (C=O) groups excluding carboxylic acids is 2. The van der Waals surface area contributed by atoms with Gasteiger partial charge in [0.05, 0.1) is 12.3 Å². The molecule has 1 N–H and O–H groups in total. The molecular weight excluding hydrogens is 390 g/mol. The molecule has 1 saturated carbocycles. The third-order valence-corrected chi connectivity index (χ3v) is 7.84. The van der Waals surface area contributed by atoms with E-state index < -0.39 is 15.6 Å². The molecule has 1 aliphatic heterocycles. The Kier molecular flexibility index (Phi) is 6.06. The number of amides is 2. The number of sulfonamides is 1. The van der Waals surface area contributed by atoms with Crippen LogP contribution in [-0.2, 0) is 19.6 Å². The topological polar surface area (TPSA) is 86.8 Å². The van der Waals surface area contributed by atoms with Crippen molar-refractivity contribution in [2.75, 3.05) is 23.7 Å². The van der Waals surface area contributed by atoms with E-state index >= 15 is 0 Å². The Hall–Kier alpha value is -1.93. The zero-order valence-corrected chi connectivity index (χ0v) is 18.5. The number of aryl methyl sites for hydroxylation is 2. The van der Waals surface area contributed by atoms with Crippen molar-refractivity contribution >= 4 is 27.5 Å². The van der Waals surface area contributed by atoms with Crippen LogP contribution in [0.3, 0.4) is 0 Å². The number of nitrogens with zero attached hydrogens (tertiary/aromatic N) is 2. The lowest BCUT2D eigenvalue weighted by atomic mass is 9.93. The highest BCUT2D eigenvalue weighted by Gasteiger charge is 2.51. The highest BCUT2D eigenvalue weighted by molar-refractivity contribution is 7.89. The van der Waals surface area contributed by atoms with E-state index in [0.717, 1.165) is 41.1 Å². The van der Waals surface area contributed by atoms with Gasteiger partial charge in [-0.05, 0) is 52.2 Å². The number of benzene rings is 1. The maximum atomic E-state index is 13.4. The summed E-state index contributed by atoms with van der Waals surface area (Å²) in [5.41, 5.74) is 1.27. The quantitative estimate of drug-likeness (QED) is 0.789. The van der Waals surface area contributed by atoms with Gasteiger partial charge in [-0.1, -0.05) is 30.5 Å². The largest absolute Gasteiger partial charge is 0.351 e. The molecule has 3 rings (SSSR count). The molecule has 1 heterocycles. The highest BCUT2D eigenvalue weighted by atomic mass is 32.2. The molecule has 1 unspecified atom stereocenters. The zero-order chi connectivity index (χ0) is 21.4. The van der Waals surface area contributed by atoms with Gasteiger partial charge in [0.2, 0.25) is 21.8 Å². The Labute approximate surface area is 173 Å². The first kappa shape index (κ1) is 21.8. The molecule has 1 aromatic carbocycles. The van der Waals surface area contributed by atoms with Crippen LogP contribution >= 0.6 is 0 Å². The molecule has 0 spiro atoms. The average molecular weight is 422 g/mol. The first-order valence-electron chi connectivity index (χ1n) is 10.3. The van der Waals surface area contributed by atoms with E-state index in [-0.39, 0.29) is 36.7 Å². The van der Waals surface area contributed by atoms with Crippen LogP contribution in [-0.4, -0.2) is 55.0 Å². The van der Waals surface area contributed by atoms with Crippen molar-refractivity contribution in [3.05, 3.63) is 29.3 Å². The maximum Gasteiger partial charge on any atom is 0.247 e. The highest BCUT2D eigenvalue weighted by Crippen LogP contribution is 2.34. The van der Waals surface area contributed by atoms with E-state index in [1.54, 1.807) is 13.8 Å². The average Bonchev–Trinajstić information content (AvgIpc) is 3.15. The van der Waals surface area contributed by atoms with Crippen LogP contribution in [0.1, 0.15) is 50.7 Å². The third-order valence-electron chi connectivity index (χ3n) is 6.07. The molecule has 2 aliphatic rings. The van der Waals surface area contributed by atoms with Crippen LogP contribution in [0.25, 0.3) is 0 Å². The molecule has 2 amide bonds. The van der Waals surface area contributed by atoms with Crippen molar-refractivity contribution in [1.29, 1.82) is 0 Å². The van der Waals surface area contributed by atoms with Crippen LogP contribution in [0.4, 0.5) is 5.69 Å². The summed E-state index contributed by atoms with van der Waals surface area (Å²) in [5, 5.41) is 3.08. The van der Waals surface area contributed by atoms with E-state index in [2.05, 4.69) is 5.32 Å². The summed E-state index contributed by atoms with van der Waals surface area (Å²) in [5.74, 6) is -0.789. The minimum absolute atomic E-state index is 0.0548. The summed E-state index contributed by atoms with van der Waals surface area (Å²) in [6.07, 6.45) is 3.96. The summed E-state index contributed by atoms with van der Waals surface area (Å²) in [6, 6.07) is 5.79. The van der Waals surface area contributed by atoms with Gasteiger partial charge in [-0.3, -0.25) is 14.5 Å². The molecule has 1 atom stereocenters. The van der Waals surface area contributed by atoms with Gasteiger partial charge in [-0.15, -0.1) is 0 Å². The van der Waals surface area contributed by atoms with E-state index in [4.69, 9.17) is 0 Å². The molecule has 0 aromatic heterocycles. The fourth-order valence-corrected chi connectivity index (χ4v) is 5.51. The molecule has 2 fully saturated rings. The van der Waals surface area contributed by atoms with Crippen LogP contribution in [0.2, 0.25) is 0 Å². The van der Waals surface area contributed by atoms with E-state index in [1.807, 2.05) is 32.0 Å². The van der Waals surface area contributed by atoms with E-state index in [1.165, 1.54) is 4.90 Å². The van der Waals surface area contributed by atoms with Gasteiger partial charge < -0.3 is 5.32 Å². The van der Waals surface area contributed by atoms with Crippen molar-refractivity contribution < 1.29 is 18.0 Å². The molecule has 1 aromatic rings. The van der Waals surface area contributed by atoms with Crippen molar-refractivity contribution in [1.82, 2.24) is 9.62 Å². The minimum atomic E-state index is -3.60. The lowest BCUT2D eigenvalue weighted by Gasteiger charge is -2.47. The van der Waals surface area contributed by atoms with Gasteiger partial charge in [0.25, 0.3) is 0 Å². The molecule has 29 heavy (non-hydrogen) atoms. The van der Waals surface area contributed by atoms with Gasteiger partial charge in [-0.25, -0.2) is 8.42 Å². The fourth-order valence-electron chi connectivity index (χ4n) is 4.39. The van der Waals surface area contributed by atoms with Gasteiger partial charge in [0.1, 0.15) is 5.54 Å². The number of nitrogens with one attached hydrogen (secondary N) is 1. The summed E-state index contributed by atoms with van der Waals surface area (Å²) in [7, 11) is -3.60. The molecule has 1 saturated heterocycles. The molecular formula is C21H31N3O4S. The summed E-state index contributed by atoms with van der Waals surface area (Å²) >= 11 is 0. The summed E-state index contributed by atoms with van der Waals surface area (Å²) < 4.78 is 26.2. The molecule has 160 valence electrons. The summed E-state index contributed by atoms with van der Waals surface area (Å²) in [6.45, 7) is 6.78. The Bertz CT molecular complexity index is 909. The standard InChI is InChI=1S/C21H31N3O4S/c1-5-29(27,28)23-13-19(25)24(18-11-10-15(2)12-16(18)3)21(4,14-23)20(26)22-17-8-6-7-9-17/h10-12,17H,5-9,13-14H2,1-4H3,(H,22,26). The molecule has 7 nitrogen and oxygen atoms in total. The number of hydrogen-bond donors (Lipinski definition) is 1. The second-order valence-electron chi connectivity index (χ2n) is 8.42. The number of hydrogen-bond acceptors (Lipinski definition) is 4. The monoisotopic (exact) mass is 421 g/mol. The van der Waals surface area contributed by atoms with Gasteiger partial charge in [0, 0.05) is 18.3 Å². The van der Waals surface area contributed by atoms with Crippen molar-refractivity contribution in [3.8, 4) is 0 Å². The van der Waals surface area contributed by atoms with Gasteiger partial charge >= 0.3 is 0 Å². The van der Waals surface area contributed by atoms with Gasteiger partial charge in [-0.2, -0.15) is 4.31 Å². The smallest absolute Gasteiger partial charge is 0.247 e. The zero-order valence-electron chi connectivity index (χ0n) is 17.7. The first-order chi connectivity index (χ1) is 13.6. The minimum Gasteiger partial charge on any atom is -0.351 e. The Balaban J connectivity index is 2.04. The molecule has 1 aliphatic carbocycles. The van der Waals surface area contributed by atoms with Crippen LogP contribution in [0, 0.1) is 13.8 Å². The second kappa shape index (κ2) is 8.07. The molecule has 0 bridgehead atoms. The molecule has 8 heteroatoms. The van der Waals surface area contributed by atoms with Crippen LogP contribution < -0.4 is 10.2 Å². The van der Waals surface area contributed by atoms with Gasteiger partial charge in [0.15, 0.2) is 0 Å². The SMILES string of the molecule is CCS(=O)(=O)N1CC(=O)N(c2ccc(C)cc2C)C(C)(C(=O)NC2CCCC2)C1. The predicted octanol–water partition coefficient (Wildman–Crippen LogP) is 2.12. The number of rotatable bonds is 5. The number of anilines is 1. The van der Waals surface area contributed by atoms with Crippen molar-refractivity contribution in [3.63, 3.8) is 0 Å². The lowest BCUT2D eigenvalue weighted by Crippen LogP contribution is -2.71. The summed E-state index contributed by atoms with van der Waals surface area (Å²) in [4.78, 5) is 28.1. The second-order valence-corrected chi connectivity index (χ2v) is 10.7. The Morgan fingerprint density at radius 1 is 1.24 bits per heavy atom.